The van der Waals surface area contributed by atoms with Crippen LogP contribution in [0.2, 0.25) is 0 Å². The van der Waals surface area contributed by atoms with E-state index in [-0.39, 0.29) is 5.78 Å². The van der Waals surface area contributed by atoms with Crippen molar-refractivity contribution in [1.82, 2.24) is 9.97 Å². The van der Waals surface area contributed by atoms with Crippen LogP contribution in [0.5, 0.6) is 5.75 Å². The van der Waals surface area contributed by atoms with Gasteiger partial charge in [0.1, 0.15) is 11.4 Å². The van der Waals surface area contributed by atoms with Gasteiger partial charge in [-0.25, -0.2) is 4.98 Å². The van der Waals surface area contributed by atoms with Crippen molar-refractivity contribution >= 4 is 16.8 Å². The van der Waals surface area contributed by atoms with Crippen molar-refractivity contribution in [3.63, 3.8) is 0 Å². The number of carbonyl (C=O) groups is 1. The first-order valence-electron chi connectivity index (χ1n) is 5.49. The fourth-order valence-corrected chi connectivity index (χ4v) is 1.63. The minimum absolute atomic E-state index is 0.0782. The number of aromatic nitrogens is 2. The zero-order valence-electron chi connectivity index (χ0n) is 10.5. The van der Waals surface area contributed by atoms with E-state index in [0.29, 0.717) is 17.1 Å². The third kappa shape index (κ3) is 2.16. The molecule has 0 radical (unpaired) electrons. The minimum Gasteiger partial charge on any atom is -0.495 e. The quantitative estimate of drug-likeness (QED) is 0.810. The number of ketones is 1. The Morgan fingerprint density at radius 3 is 2.65 bits per heavy atom. The topological polar surface area (TPSA) is 55.0 Å². The predicted octanol–water partition coefficient (Wildman–Crippen LogP) is 2.80. The van der Waals surface area contributed by atoms with Gasteiger partial charge < -0.3 is 9.72 Å². The van der Waals surface area contributed by atoms with Gasteiger partial charge in [0, 0.05) is 10.8 Å². The lowest BCUT2D eigenvalue weighted by molar-refractivity contribution is 0.0854. The second kappa shape index (κ2) is 3.87. The van der Waals surface area contributed by atoms with E-state index in [1.807, 2.05) is 32.9 Å². The summed E-state index contributed by atoms with van der Waals surface area (Å²) < 4.78 is 5.10. The highest BCUT2D eigenvalue weighted by atomic mass is 16.5. The van der Waals surface area contributed by atoms with E-state index in [1.54, 1.807) is 13.3 Å². The number of H-pyrrole nitrogens is 1. The highest BCUT2D eigenvalue weighted by molar-refractivity contribution is 6.01. The molecule has 1 N–H and O–H groups in total. The average molecular weight is 232 g/mol. The third-order valence-electron chi connectivity index (χ3n) is 2.61. The van der Waals surface area contributed by atoms with Gasteiger partial charge in [-0.3, -0.25) is 4.79 Å². The molecule has 2 aromatic heterocycles. The summed E-state index contributed by atoms with van der Waals surface area (Å²) in [7, 11) is 1.59. The van der Waals surface area contributed by atoms with Gasteiger partial charge in [-0.15, -0.1) is 0 Å². The number of ether oxygens (including phenoxy) is 1. The molecule has 0 atom stereocenters. The number of nitrogens with zero attached hydrogens (tertiary/aromatic N) is 1. The summed E-state index contributed by atoms with van der Waals surface area (Å²) in [5.41, 5.74) is 0.900. The standard InChI is InChI=1S/C13H16N2O2/c1-13(2,3)11(16)10-6-8-5-9(17-4)7-14-12(8)15-10/h5-7H,1-4H3,(H,14,15). The number of fused-ring (bicyclic) bond motifs is 1. The summed E-state index contributed by atoms with van der Waals surface area (Å²) in [6, 6.07) is 3.68. The fraction of sp³-hybridized carbons (Fsp3) is 0.385. The Morgan fingerprint density at radius 2 is 2.06 bits per heavy atom. The van der Waals surface area contributed by atoms with Crippen LogP contribution in [0.4, 0.5) is 0 Å². The lowest BCUT2D eigenvalue weighted by Crippen LogP contribution is -2.20. The molecule has 0 aromatic carbocycles. The molecule has 0 aliphatic carbocycles. The third-order valence-corrected chi connectivity index (χ3v) is 2.61. The lowest BCUT2D eigenvalue weighted by Gasteiger charge is -2.14. The normalized spacial score (nSPS) is 11.8. The van der Waals surface area contributed by atoms with Gasteiger partial charge in [0.15, 0.2) is 5.78 Å². The molecule has 90 valence electrons. The summed E-state index contributed by atoms with van der Waals surface area (Å²) >= 11 is 0. The largest absolute Gasteiger partial charge is 0.495 e. The van der Waals surface area contributed by atoms with Crippen LogP contribution in [-0.2, 0) is 0 Å². The molecule has 4 nitrogen and oxygen atoms in total. The molecule has 0 spiro atoms. The first-order chi connectivity index (χ1) is 7.91. The number of aromatic amines is 1. The Kier molecular flexibility index (Phi) is 2.65. The molecule has 0 aliphatic heterocycles. The molecule has 17 heavy (non-hydrogen) atoms. The summed E-state index contributed by atoms with van der Waals surface area (Å²) in [6.45, 7) is 5.69. The molecule has 0 unspecified atom stereocenters. The van der Waals surface area contributed by atoms with Crippen LogP contribution in [0.25, 0.3) is 11.0 Å². The van der Waals surface area contributed by atoms with Crippen molar-refractivity contribution in [2.45, 2.75) is 20.8 Å². The highest BCUT2D eigenvalue weighted by Crippen LogP contribution is 2.24. The second-order valence-corrected chi connectivity index (χ2v) is 5.08. The zero-order chi connectivity index (χ0) is 12.6. The SMILES string of the molecule is COc1cnc2[nH]c(C(=O)C(C)(C)C)cc2c1. The molecule has 2 rings (SSSR count). The maximum absolute atomic E-state index is 12.1. The van der Waals surface area contributed by atoms with Crippen molar-refractivity contribution in [3.05, 3.63) is 24.0 Å². The summed E-state index contributed by atoms with van der Waals surface area (Å²) in [6.07, 6.45) is 1.63. The number of hydrogen-bond acceptors (Lipinski definition) is 3. The fourth-order valence-electron chi connectivity index (χ4n) is 1.63. The maximum Gasteiger partial charge on any atom is 0.184 e. The monoisotopic (exact) mass is 232 g/mol. The predicted molar refractivity (Wildman–Crippen MR) is 66.4 cm³/mol. The molecular formula is C13H16N2O2. The molecule has 0 saturated carbocycles. The zero-order valence-corrected chi connectivity index (χ0v) is 10.5. The van der Waals surface area contributed by atoms with Crippen LogP contribution in [0.15, 0.2) is 18.3 Å². The van der Waals surface area contributed by atoms with Gasteiger partial charge in [0.2, 0.25) is 0 Å². The number of nitrogens with one attached hydrogen (secondary N) is 1. The van der Waals surface area contributed by atoms with Crippen molar-refractivity contribution in [2.24, 2.45) is 5.41 Å². The van der Waals surface area contributed by atoms with E-state index in [0.717, 1.165) is 5.39 Å². The minimum atomic E-state index is -0.398. The number of pyridine rings is 1. The second-order valence-electron chi connectivity index (χ2n) is 5.08. The van der Waals surface area contributed by atoms with Gasteiger partial charge in [-0.2, -0.15) is 0 Å². The first kappa shape index (κ1) is 11.6. The Balaban J connectivity index is 2.48. The van der Waals surface area contributed by atoms with E-state index in [2.05, 4.69) is 9.97 Å². The smallest absolute Gasteiger partial charge is 0.184 e. The molecule has 0 amide bonds. The van der Waals surface area contributed by atoms with E-state index in [1.165, 1.54) is 0 Å². The van der Waals surface area contributed by atoms with Crippen LogP contribution in [0, 0.1) is 5.41 Å². The van der Waals surface area contributed by atoms with Gasteiger partial charge >= 0.3 is 0 Å². The Hall–Kier alpha value is -1.84. The lowest BCUT2D eigenvalue weighted by atomic mass is 9.89. The molecule has 0 aliphatic rings. The van der Waals surface area contributed by atoms with Gasteiger partial charge in [-0.1, -0.05) is 20.8 Å². The number of Topliss-reactive ketones (excluding diaryl/α,β-unsaturated/α-hetero) is 1. The van der Waals surface area contributed by atoms with Gasteiger partial charge in [0.05, 0.1) is 19.0 Å². The number of hydrogen-bond donors (Lipinski definition) is 1. The number of carbonyl (C=O) groups excluding carboxylic acids is 1. The van der Waals surface area contributed by atoms with Crippen molar-refractivity contribution in [2.75, 3.05) is 7.11 Å². The number of methoxy groups -OCH3 is 1. The first-order valence-corrected chi connectivity index (χ1v) is 5.49. The van der Waals surface area contributed by atoms with Crippen LogP contribution in [0.1, 0.15) is 31.3 Å². The Bertz CT molecular complexity index is 564. The van der Waals surface area contributed by atoms with Crippen LogP contribution in [0.3, 0.4) is 0 Å². The van der Waals surface area contributed by atoms with E-state index < -0.39 is 5.41 Å². The van der Waals surface area contributed by atoms with Gasteiger partial charge in [0.25, 0.3) is 0 Å². The van der Waals surface area contributed by atoms with Crippen LogP contribution >= 0.6 is 0 Å². The summed E-state index contributed by atoms with van der Waals surface area (Å²) in [4.78, 5) is 19.3. The molecule has 0 bridgehead atoms. The molecule has 2 aromatic rings. The van der Waals surface area contributed by atoms with E-state index in [9.17, 15) is 4.79 Å². The van der Waals surface area contributed by atoms with Crippen LogP contribution < -0.4 is 4.74 Å². The molecule has 0 fully saturated rings. The summed E-state index contributed by atoms with van der Waals surface area (Å²) in [5, 5.41) is 0.886. The molecule has 0 saturated heterocycles. The van der Waals surface area contributed by atoms with Crippen LogP contribution in [-0.4, -0.2) is 22.9 Å². The van der Waals surface area contributed by atoms with Gasteiger partial charge in [-0.05, 0) is 12.1 Å². The van der Waals surface area contributed by atoms with Crippen molar-refractivity contribution < 1.29 is 9.53 Å². The average Bonchev–Trinajstić information content (AvgIpc) is 2.68. The van der Waals surface area contributed by atoms with Crippen molar-refractivity contribution in [3.8, 4) is 5.75 Å². The Morgan fingerprint density at radius 1 is 1.35 bits per heavy atom. The molecule has 2 heterocycles. The van der Waals surface area contributed by atoms with E-state index >= 15 is 0 Å². The molecular weight excluding hydrogens is 216 g/mol. The van der Waals surface area contributed by atoms with E-state index in [4.69, 9.17) is 4.74 Å². The summed E-state index contributed by atoms with van der Waals surface area (Å²) in [5.74, 6) is 0.765. The maximum atomic E-state index is 12.1. The molecule has 4 heteroatoms. The highest BCUT2D eigenvalue weighted by Gasteiger charge is 2.24. The Labute approximate surface area is 100 Å². The van der Waals surface area contributed by atoms with Crippen molar-refractivity contribution in [1.29, 1.82) is 0 Å². The number of rotatable bonds is 2.